The molecule has 2 aliphatic rings. The molecule has 1 aliphatic heterocycles. The highest BCUT2D eigenvalue weighted by atomic mass is 15.6. The molecular formula is C30H22N16. The van der Waals surface area contributed by atoms with Crippen LogP contribution < -0.4 is 0 Å². The van der Waals surface area contributed by atoms with Gasteiger partial charge in [-0.05, 0) is 41.6 Å². The van der Waals surface area contributed by atoms with Crippen LogP contribution in [-0.4, -0.2) is 84.0 Å². The summed E-state index contributed by atoms with van der Waals surface area (Å²) in [4.78, 5) is 23.8. The number of nitrogens with zero attached hydrogens (tertiary/aromatic N) is 15. The topological polar surface area (TPSA) is 198 Å². The molecule has 1 N–H and O–H groups in total. The number of aromatic amines is 1. The summed E-state index contributed by atoms with van der Waals surface area (Å²) >= 11 is 0. The number of aromatic nitrogens is 13. The Bertz CT molecular complexity index is 2040. The summed E-state index contributed by atoms with van der Waals surface area (Å²) in [5.74, 6) is -0.331. The number of allylic oxidation sites excluding steroid dienone is 4. The van der Waals surface area contributed by atoms with Crippen molar-refractivity contribution in [2.45, 2.75) is 11.3 Å². The minimum atomic E-state index is -1.35. The van der Waals surface area contributed by atoms with Crippen LogP contribution in [0.15, 0.2) is 114 Å². The first-order chi connectivity index (χ1) is 22.9. The van der Waals surface area contributed by atoms with E-state index >= 15 is 0 Å². The quantitative estimate of drug-likeness (QED) is 0.278. The number of rotatable bonds is 7. The molecule has 16 nitrogen and oxygen atoms in total. The van der Waals surface area contributed by atoms with Gasteiger partial charge in [0.1, 0.15) is 16.9 Å². The van der Waals surface area contributed by atoms with Gasteiger partial charge in [-0.2, -0.15) is 30.7 Å². The molecule has 0 aromatic carbocycles. The third kappa shape index (κ3) is 4.30. The molecule has 1 aliphatic carbocycles. The predicted octanol–water partition coefficient (Wildman–Crippen LogP) is 2.54. The van der Waals surface area contributed by atoms with E-state index in [0.717, 1.165) is 0 Å². The molecule has 7 heterocycles. The maximum Gasteiger partial charge on any atom is 0.137 e. The predicted molar refractivity (Wildman–Crippen MR) is 160 cm³/mol. The molecule has 8 rings (SSSR count). The van der Waals surface area contributed by atoms with Gasteiger partial charge in [0.2, 0.25) is 0 Å². The number of nitrogens with one attached hydrogen (secondary N) is 1. The molecule has 0 radical (unpaired) electrons. The van der Waals surface area contributed by atoms with Crippen molar-refractivity contribution >= 4 is 16.7 Å². The van der Waals surface area contributed by atoms with Crippen LogP contribution in [0.5, 0.6) is 0 Å². The lowest BCUT2D eigenvalue weighted by molar-refractivity contribution is 0.313. The number of hydrogen-bond donors (Lipinski definition) is 1. The summed E-state index contributed by atoms with van der Waals surface area (Å²) < 4.78 is 0. The summed E-state index contributed by atoms with van der Waals surface area (Å²) in [5, 5.41) is 44.4. The third-order valence-corrected chi connectivity index (χ3v) is 7.85. The zero-order chi connectivity index (χ0) is 30.8. The van der Waals surface area contributed by atoms with Crippen molar-refractivity contribution in [3.05, 3.63) is 138 Å². The Morgan fingerprint density at radius 1 is 0.717 bits per heavy atom. The molecule has 0 spiro atoms. The highest BCUT2D eigenvalue weighted by Crippen LogP contribution is 2.62. The summed E-state index contributed by atoms with van der Waals surface area (Å²) in [6.07, 6.45) is 14.9. The van der Waals surface area contributed by atoms with E-state index in [0.29, 0.717) is 69.8 Å². The van der Waals surface area contributed by atoms with Crippen molar-refractivity contribution in [3.63, 3.8) is 0 Å². The van der Waals surface area contributed by atoms with E-state index in [4.69, 9.17) is 25.0 Å². The Morgan fingerprint density at radius 2 is 1.61 bits per heavy atom. The molecule has 0 saturated carbocycles. The van der Waals surface area contributed by atoms with E-state index in [1.54, 1.807) is 67.9 Å². The van der Waals surface area contributed by atoms with Crippen molar-refractivity contribution in [1.29, 1.82) is 0 Å². The lowest BCUT2D eigenvalue weighted by atomic mass is 9.58. The highest BCUT2D eigenvalue weighted by Gasteiger charge is 2.59. The molecule has 16 heteroatoms. The van der Waals surface area contributed by atoms with Crippen molar-refractivity contribution in [2.24, 2.45) is 10.3 Å². The minimum Gasteiger partial charge on any atom is -0.261 e. The van der Waals surface area contributed by atoms with Crippen LogP contribution in [0.1, 0.15) is 40.2 Å². The molecular weight excluding hydrogens is 584 g/mol. The fourth-order valence-corrected chi connectivity index (χ4v) is 6.21. The van der Waals surface area contributed by atoms with E-state index in [2.05, 4.69) is 51.2 Å². The van der Waals surface area contributed by atoms with Gasteiger partial charge in [-0.1, -0.05) is 11.3 Å². The second kappa shape index (κ2) is 11.5. The fraction of sp³-hybridized carbons (Fsp3) is 0.133. The molecule has 0 fully saturated rings. The van der Waals surface area contributed by atoms with Gasteiger partial charge in [0.25, 0.3) is 0 Å². The first kappa shape index (κ1) is 27.0. The molecule has 0 saturated heterocycles. The van der Waals surface area contributed by atoms with E-state index < -0.39 is 11.3 Å². The lowest BCUT2D eigenvalue weighted by Gasteiger charge is -2.47. The zero-order valence-electron chi connectivity index (χ0n) is 23.9. The maximum atomic E-state index is 4.87. The van der Waals surface area contributed by atoms with Gasteiger partial charge in [-0.25, -0.2) is 15.0 Å². The molecule has 222 valence electrons. The Morgan fingerprint density at radius 3 is 2.30 bits per heavy atom. The van der Waals surface area contributed by atoms with Gasteiger partial charge in [-0.3, -0.25) is 15.0 Å². The van der Waals surface area contributed by atoms with Crippen molar-refractivity contribution in [3.8, 4) is 0 Å². The Kier molecular flexibility index (Phi) is 6.75. The van der Waals surface area contributed by atoms with Crippen LogP contribution in [0.2, 0.25) is 0 Å². The molecule has 0 amide bonds. The van der Waals surface area contributed by atoms with Crippen LogP contribution in [-0.2, 0) is 5.41 Å². The largest absolute Gasteiger partial charge is 0.261 e. The highest BCUT2D eigenvalue weighted by molar-refractivity contribution is 6.17. The first-order valence-corrected chi connectivity index (χ1v) is 14.3. The van der Waals surface area contributed by atoms with Gasteiger partial charge < -0.3 is 0 Å². The van der Waals surface area contributed by atoms with Crippen molar-refractivity contribution < 1.29 is 0 Å². The summed E-state index contributed by atoms with van der Waals surface area (Å²) in [7, 11) is 0. The summed E-state index contributed by atoms with van der Waals surface area (Å²) in [6.45, 7) is 0.921. The molecule has 46 heavy (non-hydrogen) atoms. The second-order valence-corrected chi connectivity index (χ2v) is 10.2. The smallest absolute Gasteiger partial charge is 0.137 e. The van der Waals surface area contributed by atoms with E-state index in [1.807, 2.05) is 35.3 Å². The van der Waals surface area contributed by atoms with Crippen molar-refractivity contribution in [1.82, 2.24) is 70.9 Å². The van der Waals surface area contributed by atoms with E-state index in [9.17, 15) is 0 Å². The van der Waals surface area contributed by atoms with Crippen LogP contribution in [0, 0.1) is 0 Å². The number of H-pyrrole nitrogens is 1. The van der Waals surface area contributed by atoms with Crippen molar-refractivity contribution in [2.75, 3.05) is 13.1 Å². The minimum absolute atomic E-state index is 0.444. The lowest BCUT2D eigenvalue weighted by Crippen LogP contribution is -2.47. The monoisotopic (exact) mass is 606 g/mol. The summed E-state index contributed by atoms with van der Waals surface area (Å²) in [5.41, 5.74) is 4.06. The van der Waals surface area contributed by atoms with Gasteiger partial charge in [0.15, 0.2) is 0 Å². The normalized spacial score (nSPS) is 19.6. The van der Waals surface area contributed by atoms with Gasteiger partial charge in [0, 0.05) is 53.9 Å². The average Bonchev–Trinajstić information content (AvgIpc) is 3.88. The zero-order valence-corrected chi connectivity index (χ0v) is 23.9. The van der Waals surface area contributed by atoms with Crippen LogP contribution >= 0.6 is 0 Å². The van der Waals surface area contributed by atoms with Gasteiger partial charge in [-0.15, -0.1) is 10.2 Å². The molecule has 6 aromatic rings. The second-order valence-electron chi connectivity index (χ2n) is 10.2. The summed E-state index contributed by atoms with van der Waals surface area (Å²) in [6, 6.07) is 13.0. The Balaban J connectivity index is 1.66. The first-order valence-electron chi connectivity index (χ1n) is 14.3. The standard InChI is InChI=1S/C30H22N16/c1-2-8-32-19(5-1)26-24(21-17-31-13-14-33-21)25(20-6-3-11-36-40-20)27(29-34-9-4-10-35-29)30(23-18-39-44-42-23,22-7-12-37-43-41-22)28(26)46-16-15-38-45-46/h1-14,17-18,27H,15-16H2,(H,39,42,44). The number of pyridine rings is 1. The fourth-order valence-electron chi connectivity index (χ4n) is 6.21. The molecule has 6 aromatic heterocycles. The molecule has 2 unspecified atom stereocenters. The number of hydrogen-bond acceptors (Lipinski definition) is 15. The SMILES string of the molecule is c1ccc(C2=C(N3CCN=N3)C(c3ccnnn3)(c3cn[nH]n3)C(c3ncccn3)C(c3cccnn3)=C2c2cnccn2)nc1. The van der Waals surface area contributed by atoms with Gasteiger partial charge >= 0.3 is 0 Å². The Labute approximate surface area is 260 Å². The van der Waals surface area contributed by atoms with Crippen LogP contribution in [0.4, 0.5) is 0 Å². The Hall–Kier alpha value is -6.58. The average molecular weight is 607 g/mol. The van der Waals surface area contributed by atoms with Gasteiger partial charge in [0.05, 0.1) is 66.1 Å². The maximum absolute atomic E-state index is 4.87. The van der Waals surface area contributed by atoms with E-state index in [-0.39, 0.29) is 0 Å². The van der Waals surface area contributed by atoms with Crippen LogP contribution in [0.3, 0.4) is 0 Å². The third-order valence-electron chi connectivity index (χ3n) is 7.85. The molecule has 2 atom stereocenters. The van der Waals surface area contributed by atoms with Crippen LogP contribution in [0.25, 0.3) is 16.7 Å². The molecule has 0 bridgehead atoms. The van der Waals surface area contributed by atoms with E-state index in [1.165, 1.54) is 0 Å².